The number of rotatable bonds is 5. The van der Waals surface area contributed by atoms with E-state index in [1.807, 2.05) is 24.7 Å². The highest BCUT2D eigenvalue weighted by atomic mass is 16.5. The molecule has 2 aromatic rings. The number of aromatic nitrogens is 3. The van der Waals surface area contributed by atoms with Crippen molar-refractivity contribution in [3.8, 4) is 5.88 Å². The van der Waals surface area contributed by atoms with Gasteiger partial charge in [-0.2, -0.15) is 0 Å². The Bertz CT molecular complexity index is 701. The average Bonchev–Trinajstić information content (AvgIpc) is 3.02. The highest BCUT2D eigenvalue weighted by Crippen LogP contribution is 2.28. The second-order valence-corrected chi connectivity index (χ2v) is 5.77. The predicted octanol–water partition coefficient (Wildman–Crippen LogP) is 1.86. The van der Waals surface area contributed by atoms with Gasteiger partial charge in [0.15, 0.2) is 0 Å². The molecule has 0 aromatic carbocycles. The Hall–Kier alpha value is -2.41. The molecule has 1 aliphatic rings. The van der Waals surface area contributed by atoms with Crippen molar-refractivity contribution in [2.24, 2.45) is 7.05 Å². The van der Waals surface area contributed by atoms with Crippen molar-refractivity contribution in [2.45, 2.75) is 31.9 Å². The van der Waals surface area contributed by atoms with Crippen LogP contribution in [-0.4, -0.2) is 39.7 Å². The number of carbonyl (C=O) groups excluding carboxylic acids is 1. The van der Waals surface area contributed by atoms with E-state index in [0.717, 1.165) is 18.5 Å². The minimum absolute atomic E-state index is 0.0424. The third-order valence-corrected chi connectivity index (χ3v) is 4.10. The first-order valence-electron chi connectivity index (χ1n) is 8.15. The van der Waals surface area contributed by atoms with Crippen molar-refractivity contribution >= 4 is 5.91 Å². The summed E-state index contributed by atoms with van der Waals surface area (Å²) >= 11 is 0. The molecule has 1 N–H and O–H groups in total. The van der Waals surface area contributed by atoms with Gasteiger partial charge in [0.2, 0.25) is 5.88 Å². The number of hydrogen-bond donors (Lipinski definition) is 1. The number of imidazole rings is 1. The van der Waals surface area contributed by atoms with Gasteiger partial charge < -0.3 is 19.4 Å². The van der Waals surface area contributed by atoms with E-state index in [9.17, 15) is 4.79 Å². The molecule has 0 aliphatic carbocycles. The lowest BCUT2D eigenvalue weighted by Crippen LogP contribution is -2.40. The molecule has 1 fully saturated rings. The van der Waals surface area contributed by atoms with Gasteiger partial charge in [0, 0.05) is 25.9 Å². The molecule has 0 radical (unpaired) electrons. The summed E-state index contributed by atoms with van der Waals surface area (Å²) in [5.41, 5.74) is 1.48. The summed E-state index contributed by atoms with van der Waals surface area (Å²) in [7, 11) is 1.94. The summed E-state index contributed by atoms with van der Waals surface area (Å²) in [4.78, 5) is 20.8. The number of ether oxygens (including phenoxy) is 2. The van der Waals surface area contributed by atoms with Crippen molar-refractivity contribution in [1.29, 1.82) is 0 Å². The fraction of sp³-hybridized carbons (Fsp3) is 0.471. The summed E-state index contributed by atoms with van der Waals surface area (Å²) in [6, 6.07) is 3.51. The molecular formula is C17H22N4O3. The van der Waals surface area contributed by atoms with E-state index in [1.54, 1.807) is 24.7 Å². The van der Waals surface area contributed by atoms with Crippen LogP contribution in [-0.2, 0) is 11.8 Å². The summed E-state index contributed by atoms with van der Waals surface area (Å²) in [5, 5.41) is 3.08. The topological polar surface area (TPSA) is 78.3 Å². The summed E-state index contributed by atoms with van der Waals surface area (Å²) in [5.74, 6) is 0.204. The Kier molecular flexibility index (Phi) is 5.10. The monoisotopic (exact) mass is 330 g/mol. The van der Waals surface area contributed by atoms with Gasteiger partial charge in [-0.25, -0.2) is 9.97 Å². The largest absolute Gasteiger partial charge is 0.477 e. The standard InChI is InChI=1S/C17H22N4O3/c1-3-23-17-13(5-4-7-19-17)16(22)20-12-6-8-24-15(9-12)14-10-18-11-21(14)2/h4-5,7,10-12,15H,3,6,8-9H2,1-2H3,(H,20,22). The Morgan fingerprint density at radius 2 is 2.42 bits per heavy atom. The number of pyridine rings is 1. The zero-order chi connectivity index (χ0) is 16.9. The zero-order valence-corrected chi connectivity index (χ0v) is 13.9. The van der Waals surface area contributed by atoms with Gasteiger partial charge in [0.25, 0.3) is 5.91 Å². The lowest BCUT2D eigenvalue weighted by atomic mass is 10.0. The van der Waals surface area contributed by atoms with Crippen molar-refractivity contribution < 1.29 is 14.3 Å². The zero-order valence-electron chi connectivity index (χ0n) is 13.9. The molecule has 3 rings (SSSR count). The molecule has 2 atom stereocenters. The van der Waals surface area contributed by atoms with Crippen LogP contribution in [0, 0.1) is 0 Å². The molecule has 3 heterocycles. The van der Waals surface area contributed by atoms with E-state index in [2.05, 4.69) is 15.3 Å². The van der Waals surface area contributed by atoms with Crippen LogP contribution in [0.3, 0.4) is 0 Å². The normalized spacial score (nSPS) is 20.6. The molecule has 7 heteroatoms. The number of nitrogens with zero attached hydrogens (tertiary/aromatic N) is 3. The second-order valence-electron chi connectivity index (χ2n) is 5.77. The lowest BCUT2D eigenvalue weighted by molar-refractivity contribution is -0.00303. The van der Waals surface area contributed by atoms with Crippen LogP contribution in [0.1, 0.15) is 41.9 Å². The number of aryl methyl sites for hydroxylation is 1. The summed E-state index contributed by atoms with van der Waals surface area (Å²) in [6.45, 7) is 2.94. The highest BCUT2D eigenvalue weighted by Gasteiger charge is 2.27. The molecular weight excluding hydrogens is 308 g/mol. The molecule has 0 spiro atoms. The molecule has 2 aromatic heterocycles. The SMILES string of the molecule is CCOc1ncccc1C(=O)NC1CCOC(c2cncn2C)C1. The first-order chi connectivity index (χ1) is 11.7. The third-order valence-electron chi connectivity index (χ3n) is 4.10. The average molecular weight is 330 g/mol. The van der Waals surface area contributed by atoms with Gasteiger partial charge in [-0.15, -0.1) is 0 Å². The highest BCUT2D eigenvalue weighted by molar-refractivity contribution is 5.96. The van der Waals surface area contributed by atoms with Gasteiger partial charge in [0.05, 0.1) is 24.8 Å². The molecule has 24 heavy (non-hydrogen) atoms. The Morgan fingerprint density at radius 1 is 1.54 bits per heavy atom. The summed E-state index contributed by atoms with van der Waals surface area (Å²) < 4.78 is 13.2. The van der Waals surface area contributed by atoms with E-state index in [1.165, 1.54) is 0 Å². The van der Waals surface area contributed by atoms with E-state index in [-0.39, 0.29) is 18.1 Å². The van der Waals surface area contributed by atoms with E-state index < -0.39 is 0 Å². The van der Waals surface area contributed by atoms with Gasteiger partial charge in [0.1, 0.15) is 11.7 Å². The maximum Gasteiger partial charge on any atom is 0.256 e. The molecule has 1 amide bonds. The van der Waals surface area contributed by atoms with Crippen molar-refractivity contribution in [2.75, 3.05) is 13.2 Å². The Morgan fingerprint density at radius 3 is 3.17 bits per heavy atom. The van der Waals surface area contributed by atoms with Crippen LogP contribution in [0.4, 0.5) is 0 Å². The quantitative estimate of drug-likeness (QED) is 0.905. The van der Waals surface area contributed by atoms with Crippen molar-refractivity contribution in [3.05, 3.63) is 42.1 Å². The second kappa shape index (κ2) is 7.44. The number of carbonyl (C=O) groups is 1. The summed E-state index contributed by atoms with van der Waals surface area (Å²) in [6.07, 6.45) is 6.62. The molecule has 1 aliphatic heterocycles. The smallest absolute Gasteiger partial charge is 0.256 e. The Balaban J connectivity index is 1.67. The number of hydrogen-bond acceptors (Lipinski definition) is 5. The molecule has 0 bridgehead atoms. The third kappa shape index (κ3) is 3.56. The number of nitrogens with one attached hydrogen (secondary N) is 1. The van der Waals surface area contributed by atoms with Crippen LogP contribution in [0.5, 0.6) is 5.88 Å². The lowest BCUT2D eigenvalue weighted by Gasteiger charge is -2.30. The van der Waals surface area contributed by atoms with Gasteiger partial charge >= 0.3 is 0 Å². The van der Waals surface area contributed by atoms with Crippen molar-refractivity contribution in [1.82, 2.24) is 19.9 Å². The predicted molar refractivity (Wildman–Crippen MR) is 87.8 cm³/mol. The van der Waals surface area contributed by atoms with Gasteiger partial charge in [-0.1, -0.05) is 0 Å². The van der Waals surface area contributed by atoms with Crippen molar-refractivity contribution in [3.63, 3.8) is 0 Å². The van der Waals surface area contributed by atoms with Crippen LogP contribution < -0.4 is 10.1 Å². The van der Waals surface area contributed by atoms with E-state index >= 15 is 0 Å². The fourth-order valence-corrected chi connectivity index (χ4v) is 2.89. The van der Waals surface area contributed by atoms with Crippen LogP contribution in [0.25, 0.3) is 0 Å². The fourth-order valence-electron chi connectivity index (χ4n) is 2.89. The maximum atomic E-state index is 12.6. The first kappa shape index (κ1) is 16.4. The molecule has 7 nitrogen and oxygen atoms in total. The van der Waals surface area contributed by atoms with E-state index in [0.29, 0.717) is 24.7 Å². The first-order valence-corrected chi connectivity index (χ1v) is 8.15. The van der Waals surface area contributed by atoms with Crippen LogP contribution in [0.15, 0.2) is 30.9 Å². The molecule has 1 saturated heterocycles. The maximum absolute atomic E-state index is 12.6. The van der Waals surface area contributed by atoms with Crippen LogP contribution in [0.2, 0.25) is 0 Å². The molecule has 128 valence electrons. The minimum Gasteiger partial charge on any atom is -0.477 e. The van der Waals surface area contributed by atoms with Gasteiger partial charge in [-0.3, -0.25) is 4.79 Å². The number of amides is 1. The Labute approximate surface area is 141 Å². The molecule has 2 unspecified atom stereocenters. The van der Waals surface area contributed by atoms with Gasteiger partial charge in [-0.05, 0) is 31.9 Å². The van der Waals surface area contributed by atoms with Crippen LogP contribution >= 0.6 is 0 Å². The van der Waals surface area contributed by atoms with E-state index in [4.69, 9.17) is 9.47 Å². The molecule has 0 saturated carbocycles. The minimum atomic E-state index is -0.165.